The predicted octanol–water partition coefficient (Wildman–Crippen LogP) is 2.72. The molecule has 0 saturated heterocycles. The van der Waals surface area contributed by atoms with Crippen LogP contribution in [0.3, 0.4) is 0 Å². The van der Waals surface area contributed by atoms with Crippen molar-refractivity contribution in [3.05, 3.63) is 29.8 Å². The first kappa shape index (κ1) is 13.5. The third-order valence-corrected chi connectivity index (χ3v) is 3.53. The second kappa shape index (κ2) is 5.34. The highest BCUT2D eigenvalue weighted by Gasteiger charge is 2.29. The van der Waals surface area contributed by atoms with Crippen molar-refractivity contribution in [1.29, 1.82) is 0 Å². The van der Waals surface area contributed by atoms with Crippen LogP contribution in [-0.2, 0) is 4.79 Å². The number of Topliss-reactive ketones (excluding diaryl/α,β-unsaturated/α-hetero) is 1. The van der Waals surface area contributed by atoms with E-state index in [4.69, 9.17) is 14.2 Å². The van der Waals surface area contributed by atoms with E-state index in [1.165, 1.54) is 0 Å². The van der Waals surface area contributed by atoms with E-state index in [0.717, 1.165) is 12.0 Å². The van der Waals surface area contributed by atoms with Crippen molar-refractivity contribution in [2.75, 3.05) is 21.3 Å². The summed E-state index contributed by atoms with van der Waals surface area (Å²) in [4.78, 5) is 11.6. The summed E-state index contributed by atoms with van der Waals surface area (Å²) in [5.41, 5.74) is 1.64. The molecule has 0 radical (unpaired) electrons. The molecule has 1 atom stereocenters. The van der Waals surface area contributed by atoms with Gasteiger partial charge in [0.25, 0.3) is 0 Å². The van der Waals surface area contributed by atoms with Gasteiger partial charge >= 0.3 is 0 Å². The van der Waals surface area contributed by atoms with Crippen LogP contribution >= 0.6 is 0 Å². The van der Waals surface area contributed by atoms with Gasteiger partial charge in [-0.25, -0.2) is 0 Å². The van der Waals surface area contributed by atoms with Gasteiger partial charge in [0, 0.05) is 12.3 Å². The molecule has 102 valence electrons. The van der Waals surface area contributed by atoms with Crippen LogP contribution in [0.5, 0.6) is 17.2 Å². The number of ether oxygens (including phenoxy) is 3. The van der Waals surface area contributed by atoms with Crippen molar-refractivity contribution in [3.8, 4) is 17.2 Å². The fraction of sp³-hybridized carbons (Fsp3) is 0.400. The summed E-state index contributed by atoms with van der Waals surface area (Å²) in [6, 6.07) is 3.77. The highest BCUT2D eigenvalue weighted by molar-refractivity contribution is 5.98. The Balaban J connectivity index is 2.47. The lowest BCUT2D eigenvalue weighted by Gasteiger charge is -2.17. The topological polar surface area (TPSA) is 44.8 Å². The number of allylic oxidation sites excluding steroid dienone is 1. The quantitative estimate of drug-likeness (QED) is 0.783. The van der Waals surface area contributed by atoms with Gasteiger partial charge in [-0.15, -0.1) is 0 Å². The lowest BCUT2D eigenvalue weighted by atomic mass is 9.94. The monoisotopic (exact) mass is 262 g/mol. The van der Waals surface area contributed by atoms with Gasteiger partial charge < -0.3 is 14.2 Å². The fourth-order valence-corrected chi connectivity index (χ4v) is 2.47. The molecule has 0 amide bonds. The molecule has 0 spiro atoms. The maximum Gasteiger partial charge on any atom is 0.203 e. The molecule has 4 nitrogen and oxygen atoms in total. The first-order chi connectivity index (χ1) is 9.12. The molecule has 1 unspecified atom stereocenters. The number of carbonyl (C=O) groups excluding carboxylic acids is 1. The van der Waals surface area contributed by atoms with E-state index >= 15 is 0 Å². The fourth-order valence-electron chi connectivity index (χ4n) is 2.47. The summed E-state index contributed by atoms with van der Waals surface area (Å²) in [5, 5.41) is 0. The van der Waals surface area contributed by atoms with Crippen LogP contribution in [0.2, 0.25) is 0 Å². The van der Waals surface area contributed by atoms with Crippen molar-refractivity contribution in [1.82, 2.24) is 0 Å². The summed E-state index contributed by atoms with van der Waals surface area (Å²) in [6.07, 6.45) is 1.34. The molecular weight excluding hydrogens is 244 g/mol. The molecule has 0 aliphatic heterocycles. The highest BCUT2D eigenvalue weighted by atomic mass is 16.5. The first-order valence-corrected chi connectivity index (χ1v) is 6.14. The van der Waals surface area contributed by atoms with Crippen LogP contribution in [0.15, 0.2) is 24.3 Å². The first-order valence-electron chi connectivity index (χ1n) is 6.14. The zero-order chi connectivity index (χ0) is 14.0. The van der Waals surface area contributed by atoms with Gasteiger partial charge in [-0.2, -0.15) is 0 Å². The van der Waals surface area contributed by atoms with Crippen LogP contribution in [0.1, 0.15) is 24.3 Å². The van der Waals surface area contributed by atoms with Crippen LogP contribution in [0, 0.1) is 0 Å². The van der Waals surface area contributed by atoms with Crippen molar-refractivity contribution < 1.29 is 19.0 Å². The molecular formula is C15H18O4. The molecule has 0 N–H and O–H groups in total. The number of methoxy groups -OCH3 is 3. The van der Waals surface area contributed by atoms with Crippen LogP contribution in [0.25, 0.3) is 0 Å². The van der Waals surface area contributed by atoms with Gasteiger partial charge in [-0.3, -0.25) is 4.79 Å². The van der Waals surface area contributed by atoms with E-state index in [1.807, 2.05) is 12.1 Å². The Kier molecular flexibility index (Phi) is 3.79. The molecule has 19 heavy (non-hydrogen) atoms. The van der Waals surface area contributed by atoms with Gasteiger partial charge in [-0.1, -0.05) is 6.58 Å². The second-order valence-electron chi connectivity index (χ2n) is 4.50. The summed E-state index contributed by atoms with van der Waals surface area (Å²) >= 11 is 0. The van der Waals surface area contributed by atoms with Crippen LogP contribution < -0.4 is 14.2 Å². The minimum atomic E-state index is 0.0428. The van der Waals surface area contributed by atoms with Crippen molar-refractivity contribution >= 4 is 5.78 Å². The van der Waals surface area contributed by atoms with Crippen molar-refractivity contribution in [3.63, 3.8) is 0 Å². The number of ketones is 1. The summed E-state index contributed by atoms with van der Waals surface area (Å²) in [6.45, 7) is 3.88. The Bertz CT molecular complexity index is 494. The van der Waals surface area contributed by atoms with E-state index in [9.17, 15) is 4.79 Å². The third kappa shape index (κ3) is 2.30. The average Bonchev–Trinajstić information content (AvgIpc) is 2.77. The predicted molar refractivity (Wildman–Crippen MR) is 72.2 cm³/mol. The lowest BCUT2D eigenvalue weighted by molar-refractivity contribution is -0.114. The van der Waals surface area contributed by atoms with Gasteiger partial charge in [-0.05, 0) is 29.7 Å². The molecule has 2 rings (SSSR count). The Labute approximate surface area is 113 Å². The Morgan fingerprint density at radius 2 is 1.68 bits per heavy atom. The summed E-state index contributed by atoms with van der Waals surface area (Å²) < 4.78 is 15.9. The SMILES string of the molecule is C=C1C(=O)CCC1c1cc(OC)c(OC)c(OC)c1. The average molecular weight is 262 g/mol. The van der Waals surface area contributed by atoms with E-state index in [1.54, 1.807) is 21.3 Å². The van der Waals surface area contributed by atoms with Gasteiger partial charge in [0.2, 0.25) is 5.75 Å². The molecule has 0 aromatic heterocycles. The smallest absolute Gasteiger partial charge is 0.203 e. The zero-order valence-electron chi connectivity index (χ0n) is 11.5. The van der Waals surface area contributed by atoms with Gasteiger partial charge in [0.15, 0.2) is 17.3 Å². The van der Waals surface area contributed by atoms with E-state index in [0.29, 0.717) is 29.2 Å². The summed E-state index contributed by atoms with van der Waals surface area (Å²) in [7, 11) is 4.73. The number of hydrogen-bond donors (Lipinski definition) is 0. The zero-order valence-corrected chi connectivity index (χ0v) is 11.5. The van der Waals surface area contributed by atoms with Crippen LogP contribution in [-0.4, -0.2) is 27.1 Å². The molecule has 1 aliphatic carbocycles. The number of rotatable bonds is 4. The molecule has 1 aliphatic rings. The largest absolute Gasteiger partial charge is 0.493 e. The van der Waals surface area contributed by atoms with E-state index < -0.39 is 0 Å². The maximum absolute atomic E-state index is 11.6. The third-order valence-electron chi connectivity index (χ3n) is 3.53. The molecule has 1 fully saturated rings. The number of carbonyl (C=O) groups is 1. The standard InChI is InChI=1S/C15H18O4/c1-9-11(5-6-12(9)16)10-7-13(17-2)15(19-4)14(8-10)18-3/h7-8,11H,1,5-6H2,2-4H3. The Morgan fingerprint density at radius 3 is 2.05 bits per heavy atom. The normalized spacial score (nSPS) is 18.6. The summed E-state index contributed by atoms with van der Waals surface area (Å²) in [5.74, 6) is 1.94. The van der Waals surface area contributed by atoms with E-state index in [-0.39, 0.29) is 11.7 Å². The molecule has 0 bridgehead atoms. The van der Waals surface area contributed by atoms with Gasteiger partial charge in [0.05, 0.1) is 21.3 Å². The molecule has 1 aromatic rings. The van der Waals surface area contributed by atoms with E-state index in [2.05, 4.69) is 6.58 Å². The minimum absolute atomic E-state index is 0.0428. The number of benzene rings is 1. The van der Waals surface area contributed by atoms with Crippen LogP contribution in [0.4, 0.5) is 0 Å². The van der Waals surface area contributed by atoms with Gasteiger partial charge in [0.1, 0.15) is 0 Å². The van der Waals surface area contributed by atoms with Crippen molar-refractivity contribution in [2.24, 2.45) is 0 Å². The molecule has 0 heterocycles. The molecule has 4 heteroatoms. The lowest BCUT2D eigenvalue weighted by Crippen LogP contribution is -2.02. The Morgan fingerprint density at radius 1 is 1.11 bits per heavy atom. The van der Waals surface area contributed by atoms with Crippen molar-refractivity contribution in [2.45, 2.75) is 18.8 Å². The number of hydrogen-bond acceptors (Lipinski definition) is 4. The maximum atomic E-state index is 11.6. The molecule has 1 aromatic carbocycles. The Hall–Kier alpha value is -1.97. The molecule has 1 saturated carbocycles. The highest BCUT2D eigenvalue weighted by Crippen LogP contribution is 2.44. The minimum Gasteiger partial charge on any atom is -0.493 e. The second-order valence-corrected chi connectivity index (χ2v) is 4.50.